The molecule has 3 amide bonds. The van der Waals surface area contributed by atoms with Crippen molar-refractivity contribution in [3.05, 3.63) is 0 Å². The third-order valence-corrected chi connectivity index (χ3v) is 2.65. The van der Waals surface area contributed by atoms with E-state index in [1.807, 2.05) is 6.92 Å². The van der Waals surface area contributed by atoms with E-state index < -0.39 is 17.7 Å². The van der Waals surface area contributed by atoms with E-state index in [-0.39, 0.29) is 18.4 Å². The van der Waals surface area contributed by atoms with Crippen LogP contribution in [0, 0.1) is 5.92 Å². The van der Waals surface area contributed by atoms with Gasteiger partial charge in [-0.25, -0.2) is 4.79 Å². The van der Waals surface area contributed by atoms with Crippen LogP contribution in [0.2, 0.25) is 0 Å². The van der Waals surface area contributed by atoms with Crippen molar-refractivity contribution in [2.75, 3.05) is 6.54 Å². The second kappa shape index (κ2) is 6.44. The van der Waals surface area contributed by atoms with Crippen LogP contribution in [0.1, 0.15) is 34.1 Å². The van der Waals surface area contributed by atoms with Gasteiger partial charge >= 0.3 is 6.03 Å². The fourth-order valence-corrected chi connectivity index (χ4v) is 1.20. The van der Waals surface area contributed by atoms with Crippen molar-refractivity contribution >= 4 is 11.9 Å². The lowest BCUT2D eigenvalue weighted by molar-refractivity contribution is -0.125. The smallest absolute Gasteiger partial charge is 0.312 e. The Balaban J connectivity index is 4.39. The maximum Gasteiger partial charge on any atom is 0.312 e. The van der Waals surface area contributed by atoms with E-state index >= 15 is 0 Å². The summed E-state index contributed by atoms with van der Waals surface area (Å²) in [7, 11) is 0. The van der Waals surface area contributed by atoms with E-state index in [4.69, 9.17) is 5.73 Å². The van der Waals surface area contributed by atoms with Crippen LogP contribution in [0.15, 0.2) is 0 Å². The molecule has 6 heteroatoms. The molecule has 2 unspecified atom stereocenters. The Morgan fingerprint density at radius 2 is 1.94 bits per heavy atom. The molecular weight excluding hydrogens is 222 g/mol. The van der Waals surface area contributed by atoms with Gasteiger partial charge in [0.25, 0.3) is 0 Å². The number of primary amides is 1. The molecule has 0 aliphatic carbocycles. The van der Waals surface area contributed by atoms with E-state index in [1.165, 1.54) is 0 Å². The summed E-state index contributed by atoms with van der Waals surface area (Å²) >= 11 is 0. The number of carbonyl (C=O) groups excluding carboxylic acids is 2. The second-order valence-electron chi connectivity index (χ2n) is 4.80. The minimum atomic E-state index is -0.941. The predicted octanol–water partition coefficient (Wildman–Crippen LogP) is -0.0435. The van der Waals surface area contributed by atoms with E-state index in [2.05, 4.69) is 10.6 Å². The SMILES string of the molecule is CCC(C)(O)CNC(=O)C(NC(N)=O)C(C)C. The molecule has 100 valence electrons. The molecule has 5 N–H and O–H groups in total. The Hall–Kier alpha value is -1.30. The number of hydrogen-bond acceptors (Lipinski definition) is 3. The van der Waals surface area contributed by atoms with E-state index in [0.717, 1.165) is 0 Å². The molecule has 6 nitrogen and oxygen atoms in total. The van der Waals surface area contributed by atoms with Crippen molar-refractivity contribution in [3.8, 4) is 0 Å². The zero-order valence-corrected chi connectivity index (χ0v) is 10.9. The molecule has 17 heavy (non-hydrogen) atoms. The summed E-state index contributed by atoms with van der Waals surface area (Å²) in [6.45, 7) is 7.22. The summed E-state index contributed by atoms with van der Waals surface area (Å²) < 4.78 is 0. The van der Waals surface area contributed by atoms with Crippen LogP contribution in [0.3, 0.4) is 0 Å². The van der Waals surface area contributed by atoms with Gasteiger partial charge in [0.1, 0.15) is 6.04 Å². The van der Waals surface area contributed by atoms with Crippen LogP contribution in [0.5, 0.6) is 0 Å². The van der Waals surface area contributed by atoms with Gasteiger partial charge in [-0.15, -0.1) is 0 Å². The molecule has 0 aromatic carbocycles. The summed E-state index contributed by atoms with van der Waals surface area (Å²) in [6.07, 6.45) is 0.531. The molecule has 0 aliphatic heterocycles. The lowest BCUT2D eigenvalue weighted by atomic mass is 10.0. The van der Waals surface area contributed by atoms with Gasteiger partial charge in [-0.2, -0.15) is 0 Å². The number of urea groups is 1. The zero-order chi connectivity index (χ0) is 13.6. The monoisotopic (exact) mass is 245 g/mol. The molecular formula is C11H23N3O3. The van der Waals surface area contributed by atoms with Crippen molar-refractivity contribution in [3.63, 3.8) is 0 Å². The van der Waals surface area contributed by atoms with Crippen molar-refractivity contribution in [1.82, 2.24) is 10.6 Å². The van der Waals surface area contributed by atoms with E-state index in [1.54, 1.807) is 20.8 Å². The summed E-state index contributed by atoms with van der Waals surface area (Å²) in [6, 6.07) is -1.42. The second-order valence-corrected chi connectivity index (χ2v) is 4.80. The van der Waals surface area contributed by atoms with Crippen LogP contribution in [-0.4, -0.2) is 35.2 Å². The molecule has 0 heterocycles. The van der Waals surface area contributed by atoms with Crippen molar-refractivity contribution in [2.24, 2.45) is 11.7 Å². The van der Waals surface area contributed by atoms with Crippen LogP contribution in [-0.2, 0) is 4.79 Å². The lowest BCUT2D eigenvalue weighted by Gasteiger charge is -2.25. The number of nitrogens with two attached hydrogens (primary N) is 1. The highest BCUT2D eigenvalue weighted by Gasteiger charge is 2.25. The fraction of sp³-hybridized carbons (Fsp3) is 0.818. The Kier molecular flexibility index (Phi) is 5.95. The minimum absolute atomic E-state index is 0.0749. The molecule has 0 aliphatic rings. The highest BCUT2D eigenvalue weighted by atomic mass is 16.3. The molecule has 0 aromatic heterocycles. The number of nitrogens with one attached hydrogen (secondary N) is 2. The summed E-state index contributed by atoms with van der Waals surface area (Å²) in [5.41, 5.74) is 4.06. The van der Waals surface area contributed by atoms with Gasteiger partial charge in [0, 0.05) is 6.54 Å². The highest BCUT2D eigenvalue weighted by molar-refractivity contribution is 5.86. The maximum atomic E-state index is 11.8. The molecule has 0 aromatic rings. The predicted molar refractivity (Wildman–Crippen MR) is 65.3 cm³/mol. The third kappa shape index (κ3) is 6.11. The van der Waals surface area contributed by atoms with Gasteiger partial charge in [-0.1, -0.05) is 20.8 Å². The van der Waals surface area contributed by atoms with Crippen molar-refractivity contribution in [1.29, 1.82) is 0 Å². The number of rotatable bonds is 6. The fourth-order valence-electron chi connectivity index (χ4n) is 1.20. The first kappa shape index (κ1) is 15.7. The van der Waals surface area contributed by atoms with Crippen LogP contribution >= 0.6 is 0 Å². The normalized spacial score (nSPS) is 16.1. The first-order valence-corrected chi connectivity index (χ1v) is 5.75. The van der Waals surface area contributed by atoms with Gasteiger partial charge in [0.05, 0.1) is 5.60 Å². The minimum Gasteiger partial charge on any atom is -0.388 e. The summed E-state index contributed by atoms with van der Waals surface area (Å²) in [5.74, 6) is -0.415. The number of amides is 3. The molecule has 0 bridgehead atoms. The van der Waals surface area contributed by atoms with Gasteiger partial charge in [0.2, 0.25) is 5.91 Å². The zero-order valence-electron chi connectivity index (χ0n) is 10.9. The number of hydrogen-bond donors (Lipinski definition) is 4. The molecule has 0 saturated heterocycles. The summed E-state index contributed by atoms with van der Waals surface area (Å²) in [5, 5.41) is 14.7. The largest absolute Gasteiger partial charge is 0.388 e. The first-order chi connectivity index (χ1) is 7.69. The first-order valence-electron chi connectivity index (χ1n) is 5.75. The van der Waals surface area contributed by atoms with Crippen molar-refractivity contribution in [2.45, 2.75) is 45.8 Å². The average Bonchev–Trinajstić information content (AvgIpc) is 2.22. The van der Waals surface area contributed by atoms with Crippen LogP contribution in [0.25, 0.3) is 0 Å². The number of carbonyl (C=O) groups is 2. The average molecular weight is 245 g/mol. The van der Waals surface area contributed by atoms with E-state index in [0.29, 0.717) is 6.42 Å². The maximum absolute atomic E-state index is 11.8. The molecule has 0 fully saturated rings. The Morgan fingerprint density at radius 1 is 1.41 bits per heavy atom. The highest BCUT2D eigenvalue weighted by Crippen LogP contribution is 2.07. The molecule has 0 spiro atoms. The molecule has 0 saturated carbocycles. The van der Waals surface area contributed by atoms with Gasteiger partial charge in [0.15, 0.2) is 0 Å². The third-order valence-electron chi connectivity index (χ3n) is 2.65. The quantitative estimate of drug-likeness (QED) is 0.527. The summed E-state index contributed by atoms with van der Waals surface area (Å²) in [4.78, 5) is 22.5. The molecule has 0 rings (SSSR count). The van der Waals surface area contributed by atoms with Crippen LogP contribution < -0.4 is 16.4 Å². The van der Waals surface area contributed by atoms with Crippen molar-refractivity contribution < 1.29 is 14.7 Å². The Labute approximate surface area is 102 Å². The Bertz CT molecular complexity index is 277. The number of aliphatic hydroxyl groups is 1. The Morgan fingerprint density at radius 3 is 2.29 bits per heavy atom. The lowest BCUT2D eigenvalue weighted by Crippen LogP contribution is -2.53. The molecule has 2 atom stereocenters. The van der Waals surface area contributed by atoms with Gasteiger partial charge < -0.3 is 21.5 Å². The topological polar surface area (TPSA) is 104 Å². The van der Waals surface area contributed by atoms with E-state index in [9.17, 15) is 14.7 Å². The van der Waals surface area contributed by atoms with Gasteiger partial charge in [-0.3, -0.25) is 4.79 Å². The van der Waals surface area contributed by atoms with Gasteiger partial charge in [-0.05, 0) is 19.3 Å². The standard InChI is InChI=1S/C11H23N3O3/c1-5-11(4,17)6-13-9(15)8(7(2)3)14-10(12)16/h7-8,17H,5-6H2,1-4H3,(H,13,15)(H3,12,14,16). The molecule has 0 radical (unpaired) electrons. The van der Waals surface area contributed by atoms with Crippen LogP contribution in [0.4, 0.5) is 4.79 Å².